The molecule has 0 fully saturated rings. The minimum absolute atomic E-state index is 0.0508. The van der Waals surface area contributed by atoms with E-state index < -0.39 is 25.9 Å². The van der Waals surface area contributed by atoms with Crippen molar-refractivity contribution in [3.8, 4) is 0 Å². The molecule has 0 aliphatic rings. The number of anilines is 1. The molecule has 0 aliphatic carbocycles. The highest BCUT2D eigenvalue weighted by atomic mass is 35.5. The van der Waals surface area contributed by atoms with Crippen molar-refractivity contribution in [1.82, 2.24) is 4.72 Å². The third-order valence-electron chi connectivity index (χ3n) is 3.20. The predicted octanol–water partition coefficient (Wildman–Crippen LogP) is 2.50. The van der Waals surface area contributed by atoms with E-state index >= 15 is 0 Å². The highest BCUT2D eigenvalue weighted by molar-refractivity contribution is 7.92. The Bertz CT molecular complexity index is 992. The van der Waals surface area contributed by atoms with E-state index in [1.807, 2.05) is 0 Å². The Morgan fingerprint density at radius 2 is 1.67 bits per heavy atom. The SMILES string of the molecule is CNS(=O)(=O)c1cc(NS(=O)(=O)c2ccc(F)c(Cl)c2)ccc1C. The molecule has 0 heterocycles. The van der Waals surface area contributed by atoms with E-state index in [9.17, 15) is 21.2 Å². The molecule has 0 saturated carbocycles. The summed E-state index contributed by atoms with van der Waals surface area (Å²) in [6.45, 7) is 1.59. The molecular weight excluding hydrogens is 379 g/mol. The smallest absolute Gasteiger partial charge is 0.261 e. The van der Waals surface area contributed by atoms with Crippen LogP contribution in [0, 0.1) is 12.7 Å². The number of halogens is 2. The third-order valence-corrected chi connectivity index (χ3v) is 6.42. The summed E-state index contributed by atoms with van der Waals surface area (Å²) in [5, 5.41) is -0.333. The zero-order valence-electron chi connectivity index (χ0n) is 12.7. The molecule has 0 aliphatic heterocycles. The molecule has 0 spiro atoms. The van der Waals surface area contributed by atoms with Crippen LogP contribution < -0.4 is 9.44 Å². The maximum Gasteiger partial charge on any atom is 0.261 e. The van der Waals surface area contributed by atoms with Gasteiger partial charge in [-0.3, -0.25) is 4.72 Å². The Hall–Kier alpha value is -1.68. The molecule has 0 radical (unpaired) electrons. The first kappa shape index (κ1) is 18.7. The number of hydrogen-bond donors (Lipinski definition) is 2. The topological polar surface area (TPSA) is 92.3 Å². The fourth-order valence-electron chi connectivity index (χ4n) is 1.92. The second-order valence-electron chi connectivity index (χ2n) is 4.87. The van der Waals surface area contributed by atoms with Gasteiger partial charge in [0.25, 0.3) is 10.0 Å². The molecule has 130 valence electrons. The quantitative estimate of drug-likeness (QED) is 0.817. The van der Waals surface area contributed by atoms with Crippen molar-refractivity contribution in [2.75, 3.05) is 11.8 Å². The van der Waals surface area contributed by atoms with E-state index in [0.29, 0.717) is 5.56 Å². The van der Waals surface area contributed by atoms with Crippen molar-refractivity contribution >= 4 is 37.3 Å². The van der Waals surface area contributed by atoms with Crippen LogP contribution in [0.25, 0.3) is 0 Å². The number of hydrogen-bond acceptors (Lipinski definition) is 4. The van der Waals surface area contributed by atoms with Crippen LogP contribution in [-0.2, 0) is 20.0 Å². The molecule has 0 atom stereocenters. The van der Waals surface area contributed by atoms with Crippen LogP contribution in [0.1, 0.15) is 5.56 Å². The molecule has 0 bridgehead atoms. The molecule has 2 aromatic rings. The van der Waals surface area contributed by atoms with Crippen LogP contribution in [0.4, 0.5) is 10.1 Å². The number of benzene rings is 2. The summed E-state index contributed by atoms with van der Waals surface area (Å²) in [5.41, 5.74) is 0.506. The molecule has 2 aromatic carbocycles. The van der Waals surface area contributed by atoms with Crippen molar-refractivity contribution < 1.29 is 21.2 Å². The molecule has 0 saturated heterocycles. The van der Waals surface area contributed by atoms with Gasteiger partial charge in [0.15, 0.2) is 0 Å². The van der Waals surface area contributed by atoms with E-state index in [0.717, 1.165) is 18.2 Å². The molecule has 0 unspecified atom stereocenters. The second kappa shape index (κ2) is 6.67. The van der Waals surface area contributed by atoms with E-state index in [1.54, 1.807) is 6.92 Å². The van der Waals surface area contributed by atoms with Gasteiger partial charge >= 0.3 is 0 Å². The summed E-state index contributed by atoms with van der Waals surface area (Å²) in [7, 11) is -6.53. The molecule has 6 nitrogen and oxygen atoms in total. The van der Waals surface area contributed by atoms with Crippen LogP contribution >= 0.6 is 11.6 Å². The normalized spacial score (nSPS) is 12.2. The number of rotatable bonds is 5. The molecule has 24 heavy (non-hydrogen) atoms. The van der Waals surface area contributed by atoms with Crippen molar-refractivity contribution in [3.05, 3.63) is 52.8 Å². The summed E-state index contributed by atoms with van der Waals surface area (Å²) < 4.78 is 66.1. The first-order valence-corrected chi connectivity index (χ1v) is 9.93. The van der Waals surface area contributed by atoms with Gasteiger partial charge in [-0.2, -0.15) is 0 Å². The molecular formula is C14H14ClFN2O4S2. The fourth-order valence-corrected chi connectivity index (χ4v) is 4.24. The Kier molecular flexibility index (Phi) is 5.19. The molecule has 2 N–H and O–H groups in total. The lowest BCUT2D eigenvalue weighted by molar-refractivity contribution is 0.587. The summed E-state index contributed by atoms with van der Waals surface area (Å²) in [5.74, 6) is -0.742. The maximum atomic E-state index is 13.2. The average molecular weight is 393 g/mol. The van der Waals surface area contributed by atoms with Gasteiger partial charge in [0.1, 0.15) is 5.82 Å². The maximum absolute atomic E-state index is 13.2. The van der Waals surface area contributed by atoms with Crippen molar-refractivity contribution in [2.24, 2.45) is 0 Å². The molecule has 10 heteroatoms. The van der Waals surface area contributed by atoms with Gasteiger partial charge < -0.3 is 0 Å². The molecule has 0 aromatic heterocycles. The predicted molar refractivity (Wildman–Crippen MR) is 89.6 cm³/mol. The van der Waals surface area contributed by atoms with Gasteiger partial charge in [0.2, 0.25) is 10.0 Å². The number of sulfonamides is 2. The summed E-state index contributed by atoms with van der Waals surface area (Å²) in [6.07, 6.45) is 0. The first-order valence-electron chi connectivity index (χ1n) is 6.59. The van der Waals surface area contributed by atoms with E-state index in [-0.39, 0.29) is 20.5 Å². The van der Waals surface area contributed by atoms with Gasteiger partial charge in [-0.15, -0.1) is 0 Å². The summed E-state index contributed by atoms with van der Waals surface area (Å²) in [4.78, 5) is -0.296. The number of nitrogens with one attached hydrogen (secondary N) is 2. The van der Waals surface area contributed by atoms with Gasteiger partial charge in [0.05, 0.1) is 20.5 Å². The zero-order chi connectivity index (χ0) is 18.1. The van der Waals surface area contributed by atoms with Crippen LogP contribution in [0.5, 0.6) is 0 Å². The van der Waals surface area contributed by atoms with Gasteiger partial charge in [-0.1, -0.05) is 17.7 Å². The monoisotopic (exact) mass is 392 g/mol. The van der Waals surface area contributed by atoms with Crippen LogP contribution in [0.3, 0.4) is 0 Å². The second-order valence-corrected chi connectivity index (χ2v) is 8.81. The lowest BCUT2D eigenvalue weighted by atomic mass is 10.2. The first-order chi connectivity index (χ1) is 11.1. The Morgan fingerprint density at radius 1 is 1.00 bits per heavy atom. The average Bonchev–Trinajstić information content (AvgIpc) is 2.51. The summed E-state index contributed by atoms with van der Waals surface area (Å²) >= 11 is 5.59. The van der Waals surface area contributed by atoms with Crippen LogP contribution in [0.2, 0.25) is 5.02 Å². The van der Waals surface area contributed by atoms with Gasteiger partial charge in [-0.05, 0) is 49.9 Å². The zero-order valence-corrected chi connectivity index (χ0v) is 15.1. The Labute approximate surface area is 144 Å². The molecule has 0 amide bonds. The third kappa shape index (κ3) is 3.86. The Balaban J connectivity index is 2.43. The molecule has 2 rings (SSSR count). The fraction of sp³-hybridized carbons (Fsp3) is 0.143. The van der Waals surface area contributed by atoms with Crippen LogP contribution in [0.15, 0.2) is 46.2 Å². The van der Waals surface area contributed by atoms with E-state index in [2.05, 4.69) is 9.44 Å². The lowest BCUT2D eigenvalue weighted by Crippen LogP contribution is -2.20. The van der Waals surface area contributed by atoms with Gasteiger partial charge in [-0.25, -0.2) is 25.9 Å². The standard InChI is InChI=1S/C14H14ClFN2O4S2/c1-9-3-4-10(7-14(9)24(21,22)17-2)18-23(19,20)11-5-6-13(16)12(15)8-11/h3-8,17-18H,1-2H3. The van der Waals surface area contributed by atoms with Gasteiger partial charge in [0, 0.05) is 0 Å². The number of aryl methyl sites for hydroxylation is 1. The van der Waals surface area contributed by atoms with Crippen molar-refractivity contribution in [2.45, 2.75) is 16.7 Å². The van der Waals surface area contributed by atoms with Crippen LogP contribution in [-0.4, -0.2) is 23.9 Å². The lowest BCUT2D eigenvalue weighted by Gasteiger charge is -2.12. The highest BCUT2D eigenvalue weighted by Crippen LogP contribution is 2.24. The van der Waals surface area contributed by atoms with Crippen molar-refractivity contribution in [1.29, 1.82) is 0 Å². The Morgan fingerprint density at radius 3 is 2.25 bits per heavy atom. The van der Waals surface area contributed by atoms with E-state index in [4.69, 9.17) is 11.6 Å². The highest BCUT2D eigenvalue weighted by Gasteiger charge is 2.19. The van der Waals surface area contributed by atoms with Crippen molar-refractivity contribution in [3.63, 3.8) is 0 Å². The largest absolute Gasteiger partial charge is 0.280 e. The summed E-state index contributed by atoms with van der Waals surface area (Å²) in [6, 6.07) is 7.06. The minimum atomic E-state index is -4.05. The minimum Gasteiger partial charge on any atom is -0.280 e. The van der Waals surface area contributed by atoms with E-state index in [1.165, 1.54) is 25.2 Å².